The van der Waals surface area contributed by atoms with Crippen LogP contribution in [0.5, 0.6) is 0 Å². The summed E-state index contributed by atoms with van der Waals surface area (Å²) >= 11 is 0. The molecule has 3 amide bonds. The quantitative estimate of drug-likeness (QED) is 0.588. The molecule has 0 atom stereocenters. The van der Waals surface area contributed by atoms with E-state index in [0.717, 1.165) is 12.8 Å². The molecule has 0 aromatic heterocycles. The third kappa shape index (κ3) is 4.40. The highest BCUT2D eigenvalue weighted by molar-refractivity contribution is 5.86. The molecule has 7 heteroatoms. The van der Waals surface area contributed by atoms with Crippen molar-refractivity contribution < 1.29 is 19.5 Å². The van der Waals surface area contributed by atoms with E-state index in [1.54, 1.807) is 0 Å². The van der Waals surface area contributed by atoms with Crippen molar-refractivity contribution in [2.45, 2.75) is 44.6 Å². The number of carbonyl (C=O) groups is 3. The molecule has 20 heavy (non-hydrogen) atoms. The van der Waals surface area contributed by atoms with Gasteiger partial charge in [-0.2, -0.15) is 0 Å². The molecular weight excluding hydrogens is 262 g/mol. The van der Waals surface area contributed by atoms with Gasteiger partial charge in [-0.05, 0) is 31.6 Å². The van der Waals surface area contributed by atoms with Crippen molar-refractivity contribution in [3.05, 3.63) is 0 Å². The van der Waals surface area contributed by atoms with Gasteiger partial charge in [0.05, 0.1) is 0 Å². The van der Waals surface area contributed by atoms with E-state index in [-0.39, 0.29) is 18.9 Å². The minimum absolute atomic E-state index is 0.168. The van der Waals surface area contributed by atoms with Crippen LogP contribution in [0, 0.1) is 5.92 Å². The fraction of sp³-hybridized carbons (Fsp3) is 0.769. The SMILES string of the molecule is CNC(=O)CCNC(=O)NC1(C(=O)O)CCC(C)CC1. The van der Waals surface area contributed by atoms with E-state index in [4.69, 9.17) is 0 Å². The fourth-order valence-electron chi connectivity index (χ4n) is 2.32. The molecule has 0 aliphatic heterocycles. The number of hydrogen-bond donors (Lipinski definition) is 4. The number of amides is 3. The summed E-state index contributed by atoms with van der Waals surface area (Å²) in [5.74, 6) is -0.684. The van der Waals surface area contributed by atoms with Crippen LogP contribution in [0.2, 0.25) is 0 Å². The zero-order valence-corrected chi connectivity index (χ0v) is 12.0. The van der Waals surface area contributed by atoms with Gasteiger partial charge in [-0.1, -0.05) is 6.92 Å². The lowest BCUT2D eigenvalue weighted by molar-refractivity contribution is -0.146. The van der Waals surface area contributed by atoms with Gasteiger partial charge >= 0.3 is 12.0 Å². The van der Waals surface area contributed by atoms with E-state index in [2.05, 4.69) is 22.9 Å². The molecular formula is C13H23N3O4. The Morgan fingerprint density at radius 2 is 1.85 bits per heavy atom. The van der Waals surface area contributed by atoms with Crippen molar-refractivity contribution in [1.29, 1.82) is 0 Å². The number of carboxylic acids is 1. The topological polar surface area (TPSA) is 108 Å². The van der Waals surface area contributed by atoms with Crippen molar-refractivity contribution in [2.75, 3.05) is 13.6 Å². The van der Waals surface area contributed by atoms with Gasteiger partial charge in [0.2, 0.25) is 5.91 Å². The monoisotopic (exact) mass is 285 g/mol. The van der Waals surface area contributed by atoms with E-state index < -0.39 is 17.5 Å². The van der Waals surface area contributed by atoms with Crippen molar-refractivity contribution in [3.8, 4) is 0 Å². The molecule has 0 bridgehead atoms. The number of carboxylic acid groups (broad SMARTS) is 1. The number of hydrogen-bond acceptors (Lipinski definition) is 3. The highest BCUT2D eigenvalue weighted by Crippen LogP contribution is 2.32. The Bertz CT molecular complexity index is 376. The second-order valence-electron chi connectivity index (χ2n) is 5.37. The van der Waals surface area contributed by atoms with Gasteiger partial charge in [0.15, 0.2) is 0 Å². The Balaban J connectivity index is 2.48. The molecule has 1 fully saturated rings. The maximum Gasteiger partial charge on any atom is 0.329 e. The predicted molar refractivity (Wildman–Crippen MR) is 73.2 cm³/mol. The predicted octanol–water partition coefficient (Wildman–Crippen LogP) is 0.455. The largest absolute Gasteiger partial charge is 0.480 e. The first-order chi connectivity index (χ1) is 9.39. The molecule has 7 nitrogen and oxygen atoms in total. The molecule has 0 saturated heterocycles. The summed E-state index contributed by atoms with van der Waals surface area (Å²) in [6.45, 7) is 2.26. The van der Waals surface area contributed by atoms with E-state index >= 15 is 0 Å². The third-order valence-electron chi connectivity index (χ3n) is 3.81. The van der Waals surface area contributed by atoms with Gasteiger partial charge in [-0.25, -0.2) is 9.59 Å². The van der Waals surface area contributed by atoms with Crippen molar-refractivity contribution in [1.82, 2.24) is 16.0 Å². The van der Waals surface area contributed by atoms with Crippen LogP contribution in [0.4, 0.5) is 4.79 Å². The summed E-state index contributed by atoms with van der Waals surface area (Å²) in [4.78, 5) is 34.2. The number of urea groups is 1. The second kappa shape index (κ2) is 7.12. The third-order valence-corrected chi connectivity index (χ3v) is 3.81. The van der Waals surface area contributed by atoms with Gasteiger partial charge < -0.3 is 21.1 Å². The van der Waals surface area contributed by atoms with Crippen LogP contribution in [-0.4, -0.2) is 42.1 Å². The molecule has 1 aliphatic carbocycles. The molecule has 114 valence electrons. The molecule has 1 saturated carbocycles. The summed E-state index contributed by atoms with van der Waals surface area (Å²) in [7, 11) is 1.52. The molecule has 0 radical (unpaired) electrons. The second-order valence-corrected chi connectivity index (χ2v) is 5.37. The Labute approximate surface area is 118 Å². The fourth-order valence-corrected chi connectivity index (χ4v) is 2.32. The average molecular weight is 285 g/mol. The lowest BCUT2D eigenvalue weighted by atomic mass is 9.77. The van der Waals surface area contributed by atoms with Gasteiger partial charge in [0.1, 0.15) is 5.54 Å². The van der Waals surface area contributed by atoms with E-state index in [9.17, 15) is 19.5 Å². The first kappa shape index (κ1) is 16.3. The lowest BCUT2D eigenvalue weighted by Crippen LogP contribution is -2.58. The van der Waals surface area contributed by atoms with Crippen LogP contribution in [0.15, 0.2) is 0 Å². The van der Waals surface area contributed by atoms with E-state index in [0.29, 0.717) is 18.8 Å². The van der Waals surface area contributed by atoms with E-state index in [1.165, 1.54) is 7.05 Å². The van der Waals surface area contributed by atoms with Crippen LogP contribution in [-0.2, 0) is 9.59 Å². The summed E-state index contributed by atoms with van der Waals surface area (Å²) in [5.41, 5.74) is -1.18. The highest BCUT2D eigenvalue weighted by Gasteiger charge is 2.42. The van der Waals surface area contributed by atoms with Crippen molar-refractivity contribution in [3.63, 3.8) is 0 Å². The Morgan fingerprint density at radius 3 is 2.35 bits per heavy atom. The van der Waals surface area contributed by atoms with E-state index in [1.807, 2.05) is 0 Å². The number of nitrogens with one attached hydrogen (secondary N) is 3. The number of aliphatic carboxylic acids is 1. The summed E-state index contributed by atoms with van der Waals surface area (Å²) in [5, 5.41) is 16.9. The average Bonchev–Trinajstić information content (AvgIpc) is 2.41. The maximum absolute atomic E-state index is 11.8. The molecule has 1 rings (SSSR count). The smallest absolute Gasteiger partial charge is 0.329 e. The standard InChI is InChI=1S/C13H23N3O4/c1-9-3-6-13(7-4-9,11(18)19)16-12(20)15-8-5-10(17)14-2/h9H,3-8H2,1-2H3,(H,14,17)(H,18,19)(H2,15,16,20). The van der Waals surface area contributed by atoms with Crippen LogP contribution < -0.4 is 16.0 Å². The zero-order valence-electron chi connectivity index (χ0n) is 12.0. The molecule has 0 unspecified atom stereocenters. The zero-order chi connectivity index (χ0) is 15.2. The van der Waals surface area contributed by atoms with Crippen molar-refractivity contribution >= 4 is 17.9 Å². The van der Waals surface area contributed by atoms with Gasteiger partial charge in [-0.15, -0.1) is 0 Å². The summed E-state index contributed by atoms with van der Waals surface area (Å²) < 4.78 is 0. The molecule has 0 spiro atoms. The first-order valence-corrected chi connectivity index (χ1v) is 6.89. The normalized spacial score (nSPS) is 25.6. The molecule has 0 aromatic rings. The minimum atomic E-state index is -1.18. The maximum atomic E-state index is 11.8. The number of rotatable bonds is 5. The summed E-state index contributed by atoms with van der Waals surface area (Å²) in [6.07, 6.45) is 2.61. The summed E-state index contributed by atoms with van der Waals surface area (Å²) in [6, 6.07) is -0.536. The first-order valence-electron chi connectivity index (χ1n) is 6.89. The van der Waals surface area contributed by atoms with Crippen molar-refractivity contribution in [2.24, 2.45) is 5.92 Å². The highest BCUT2D eigenvalue weighted by atomic mass is 16.4. The minimum Gasteiger partial charge on any atom is -0.480 e. The van der Waals surface area contributed by atoms with Gasteiger partial charge in [0, 0.05) is 20.0 Å². The van der Waals surface area contributed by atoms with Crippen LogP contribution in [0.3, 0.4) is 0 Å². The molecule has 1 aliphatic rings. The lowest BCUT2D eigenvalue weighted by Gasteiger charge is -2.36. The Kier molecular flexibility index (Phi) is 5.79. The molecule has 0 heterocycles. The Morgan fingerprint density at radius 1 is 1.25 bits per heavy atom. The molecule has 0 aromatic carbocycles. The van der Waals surface area contributed by atoms with Crippen LogP contribution in [0.25, 0.3) is 0 Å². The number of carbonyl (C=O) groups excluding carboxylic acids is 2. The van der Waals surface area contributed by atoms with Gasteiger partial charge in [0.25, 0.3) is 0 Å². The Hall–Kier alpha value is -1.79. The van der Waals surface area contributed by atoms with Crippen LogP contribution >= 0.6 is 0 Å². The van der Waals surface area contributed by atoms with Gasteiger partial charge in [-0.3, -0.25) is 4.79 Å². The molecule has 4 N–H and O–H groups in total. The van der Waals surface area contributed by atoms with Crippen LogP contribution in [0.1, 0.15) is 39.0 Å².